The van der Waals surface area contributed by atoms with Gasteiger partial charge in [-0.15, -0.1) is 0 Å². The molecule has 3 nitrogen and oxygen atoms in total. The molecule has 0 unspecified atom stereocenters. The quantitative estimate of drug-likeness (QED) is 0.670. The van der Waals surface area contributed by atoms with Crippen molar-refractivity contribution in [2.45, 2.75) is 17.7 Å². The van der Waals surface area contributed by atoms with Gasteiger partial charge in [0.05, 0.1) is 0 Å². The molecule has 90 valence electrons. The van der Waals surface area contributed by atoms with E-state index in [1.54, 1.807) is 0 Å². The Kier molecular flexibility index (Phi) is 3.54. The summed E-state index contributed by atoms with van der Waals surface area (Å²) >= 11 is 0. The van der Waals surface area contributed by atoms with Crippen LogP contribution in [0.4, 0.5) is 17.6 Å². The molecule has 0 radical (unpaired) electrons. The molecule has 0 amide bonds. The Bertz CT molecular complexity index is 484. The second-order valence-corrected chi connectivity index (χ2v) is 4.23. The fourth-order valence-electron chi connectivity index (χ4n) is 1.21. The highest BCUT2D eigenvalue weighted by Gasteiger charge is 2.27. The van der Waals surface area contributed by atoms with E-state index in [-0.39, 0.29) is 0 Å². The summed E-state index contributed by atoms with van der Waals surface area (Å²) in [6.07, 6.45) is -6.66. The average molecular weight is 258 g/mol. The van der Waals surface area contributed by atoms with Gasteiger partial charge in [0.25, 0.3) is 23.0 Å². The van der Waals surface area contributed by atoms with Gasteiger partial charge in [0.1, 0.15) is 4.90 Å². The lowest BCUT2D eigenvalue weighted by molar-refractivity contribution is 0.121. The van der Waals surface area contributed by atoms with Crippen molar-refractivity contribution in [2.24, 2.45) is 0 Å². The third-order valence-electron chi connectivity index (χ3n) is 1.83. The lowest BCUT2D eigenvalue weighted by atomic mass is 10.1. The Hall–Kier alpha value is -1.15. The van der Waals surface area contributed by atoms with Crippen LogP contribution in [-0.4, -0.2) is 13.0 Å². The van der Waals surface area contributed by atoms with Crippen LogP contribution in [0, 0.1) is 0 Å². The molecule has 0 bridgehead atoms. The van der Waals surface area contributed by atoms with Gasteiger partial charge in [-0.25, -0.2) is 17.6 Å². The lowest BCUT2D eigenvalue weighted by Crippen LogP contribution is -2.07. The minimum atomic E-state index is -4.95. The molecule has 1 aromatic carbocycles. The first kappa shape index (κ1) is 12.9. The molecule has 0 aromatic heterocycles. The van der Waals surface area contributed by atoms with Gasteiger partial charge in [0.15, 0.2) is 0 Å². The minimum absolute atomic E-state index is 0.642. The van der Waals surface area contributed by atoms with Gasteiger partial charge in [0.2, 0.25) is 0 Å². The molecule has 0 aliphatic carbocycles. The van der Waals surface area contributed by atoms with Crippen molar-refractivity contribution < 1.29 is 30.5 Å². The number of halogens is 4. The SMILES string of the molecule is O=S(=O)(O)c1cccc(C(F)F)c1C(F)F. The highest BCUT2D eigenvalue weighted by Crippen LogP contribution is 2.34. The topological polar surface area (TPSA) is 54.4 Å². The van der Waals surface area contributed by atoms with Crippen LogP contribution in [0.1, 0.15) is 24.0 Å². The van der Waals surface area contributed by atoms with E-state index in [4.69, 9.17) is 4.55 Å². The molecule has 0 heterocycles. The Morgan fingerprint density at radius 2 is 1.62 bits per heavy atom. The van der Waals surface area contributed by atoms with E-state index in [0.717, 1.165) is 6.07 Å². The van der Waals surface area contributed by atoms with Crippen molar-refractivity contribution in [1.29, 1.82) is 0 Å². The van der Waals surface area contributed by atoms with Crippen molar-refractivity contribution >= 4 is 10.1 Å². The second-order valence-electron chi connectivity index (χ2n) is 2.84. The zero-order chi connectivity index (χ0) is 12.5. The summed E-state index contributed by atoms with van der Waals surface area (Å²) in [7, 11) is -4.95. The Morgan fingerprint density at radius 1 is 1.06 bits per heavy atom. The Balaban J connectivity index is 3.58. The number of rotatable bonds is 3. The van der Waals surface area contributed by atoms with Crippen molar-refractivity contribution in [3.63, 3.8) is 0 Å². The molecule has 0 aliphatic heterocycles. The van der Waals surface area contributed by atoms with Crippen LogP contribution in [-0.2, 0) is 10.1 Å². The van der Waals surface area contributed by atoms with Crippen LogP contribution in [0.5, 0.6) is 0 Å². The summed E-state index contributed by atoms with van der Waals surface area (Å²) in [5, 5.41) is 0. The van der Waals surface area contributed by atoms with E-state index in [1.807, 2.05) is 0 Å². The van der Waals surface area contributed by atoms with Crippen LogP contribution in [0.25, 0.3) is 0 Å². The van der Waals surface area contributed by atoms with Gasteiger partial charge < -0.3 is 0 Å². The maximum Gasteiger partial charge on any atom is 0.295 e. The number of benzene rings is 1. The molecular formula is C8H6F4O3S. The first-order valence-electron chi connectivity index (χ1n) is 3.91. The average Bonchev–Trinajstić information content (AvgIpc) is 2.14. The maximum absolute atomic E-state index is 12.5. The molecule has 0 atom stereocenters. The molecule has 0 saturated carbocycles. The normalized spacial score (nSPS) is 12.4. The molecule has 0 spiro atoms. The molecule has 1 N–H and O–H groups in total. The minimum Gasteiger partial charge on any atom is -0.282 e. The molecule has 1 rings (SSSR count). The van der Waals surface area contributed by atoms with E-state index < -0.39 is 39.0 Å². The maximum atomic E-state index is 12.5. The third-order valence-corrected chi connectivity index (χ3v) is 2.74. The number of alkyl halides is 4. The smallest absolute Gasteiger partial charge is 0.282 e. The molecule has 1 aromatic rings. The lowest BCUT2D eigenvalue weighted by Gasteiger charge is -2.11. The zero-order valence-electron chi connectivity index (χ0n) is 7.57. The summed E-state index contributed by atoms with van der Waals surface area (Å²) in [4.78, 5) is -1.19. The monoisotopic (exact) mass is 258 g/mol. The van der Waals surface area contributed by atoms with Crippen LogP contribution >= 0.6 is 0 Å². The van der Waals surface area contributed by atoms with Crippen LogP contribution in [0.15, 0.2) is 23.1 Å². The Morgan fingerprint density at radius 3 is 2.00 bits per heavy atom. The van der Waals surface area contributed by atoms with E-state index in [1.165, 1.54) is 0 Å². The molecule has 16 heavy (non-hydrogen) atoms. The van der Waals surface area contributed by atoms with Gasteiger partial charge in [-0.1, -0.05) is 12.1 Å². The largest absolute Gasteiger partial charge is 0.295 e. The fourth-order valence-corrected chi connectivity index (χ4v) is 1.95. The number of hydrogen-bond donors (Lipinski definition) is 1. The van der Waals surface area contributed by atoms with Crippen LogP contribution in [0.3, 0.4) is 0 Å². The second kappa shape index (κ2) is 4.38. The van der Waals surface area contributed by atoms with Crippen molar-refractivity contribution in [2.75, 3.05) is 0 Å². The number of hydrogen-bond acceptors (Lipinski definition) is 2. The van der Waals surface area contributed by atoms with E-state index in [0.29, 0.717) is 12.1 Å². The van der Waals surface area contributed by atoms with Crippen LogP contribution < -0.4 is 0 Å². The summed E-state index contributed by atoms with van der Waals surface area (Å²) in [6.45, 7) is 0. The van der Waals surface area contributed by atoms with Gasteiger partial charge >= 0.3 is 0 Å². The van der Waals surface area contributed by atoms with Gasteiger partial charge in [-0.2, -0.15) is 8.42 Å². The van der Waals surface area contributed by atoms with E-state index >= 15 is 0 Å². The summed E-state index contributed by atoms with van der Waals surface area (Å²) < 4.78 is 79.7. The highest BCUT2D eigenvalue weighted by atomic mass is 32.2. The summed E-state index contributed by atoms with van der Waals surface area (Å²) in [5.41, 5.74) is -2.47. The molecule has 0 fully saturated rings. The predicted octanol–water partition coefficient (Wildman–Crippen LogP) is 2.81. The summed E-state index contributed by atoms with van der Waals surface area (Å²) in [5.74, 6) is 0. The molecule has 0 saturated heterocycles. The summed E-state index contributed by atoms with van der Waals surface area (Å²) in [6, 6.07) is 2.18. The predicted molar refractivity (Wildman–Crippen MR) is 46.2 cm³/mol. The van der Waals surface area contributed by atoms with Crippen molar-refractivity contribution in [3.8, 4) is 0 Å². The van der Waals surface area contributed by atoms with Crippen LogP contribution in [0.2, 0.25) is 0 Å². The third kappa shape index (κ3) is 2.50. The van der Waals surface area contributed by atoms with E-state index in [2.05, 4.69) is 0 Å². The zero-order valence-corrected chi connectivity index (χ0v) is 8.39. The van der Waals surface area contributed by atoms with Gasteiger partial charge in [-0.3, -0.25) is 4.55 Å². The first-order chi connectivity index (χ1) is 7.25. The van der Waals surface area contributed by atoms with Gasteiger partial charge in [0, 0.05) is 11.1 Å². The van der Waals surface area contributed by atoms with Crippen molar-refractivity contribution in [1.82, 2.24) is 0 Å². The molecule has 8 heteroatoms. The molecule has 0 aliphatic rings. The molecular weight excluding hydrogens is 252 g/mol. The standard InChI is InChI=1S/C8H6F4O3S/c9-7(10)4-2-1-3-5(16(13,14)15)6(4)8(11)12/h1-3,7-8H,(H,13,14,15). The first-order valence-corrected chi connectivity index (χ1v) is 5.35. The van der Waals surface area contributed by atoms with Crippen molar-refractivity contribution in [3.05, 3.63) is 29.3 Å². The Labute approximate surface area is 88.5 Å². The van der Waals surface area contributed by atoms with E-state index in [9.17, 15) is 26.0 Å². The highest BCUT2D eigenvalue weighted by molar-refractivity contribution is 7.85. The fraction of sp³-hybridized carbons (Fsp3) is 0.250. The van der Waals surface area contributed by atoms with Gasteiger partial charge in [-0.05, 0) is 6.07 Å².